The second-order valence-electron chi connectivity index (χ2n) is 26.0. The average Bonchev–Trinajstić information content (AvgIpc) is 0.865. The number of nitrogens with zero attached hydrogens (tertiary/aromatic N) is 2. The molecule has 90 heavy (non-hydrogen) atoms. The molecule has 4 saturated heterocycles. The maximum absolute atomic E-state index is 14.4. The fourth-order valence-corrected chi connectivity index (χ4v) is 14.4. The maximum atomic E-state index is 14.4. The fraction of sp³-hybridized carbons (Fsp3) is 0.714. The van der Waals surface area contributed by atoms with E-state index in [1.807, 2.05) is 39.8 Å². The largest absolute Gasteiger partial charge is 0.508 e. The van der Waals surface area contributed by atoms with Crippen LogP contribution in [0.2, 0.25) is 0 Å². The van der Waals surface area contributed by atoms with Crippen LogP contribution in [-0.4, -0.2) is 215 Å². The van der Waals surface area contributed by atoms with Crippen LogP contribution in [0.15, 0.2) is 35.1 Å². The number of phenols is 1. The lowest BCUT2D eigenvalue weighted by molar-refractivity contribution is -0.301. The number of fused-ring (bicyclic) bond motifs is 3. The lowest BCUT2D eigenvalue weighted by Crippen LogP contribution is -2.67. The lowest BCUT2D eigenvalue weighted by Gasteiger charge is -2.53. The summed E-state index contributed by atoms with van der Waals surface area (Å²) in [6, 6.07) is 2.77. The van der Waals surface area contributed by atoms with Gasteiger partial charge in [-0.2, -0.15) is 0 Å². The van der Waals surface area contributed by atoms with Crippen LogP contribution in [0.5, 0.6) is 5.75 Å². The van der Waals surface area contributed by atoms with Crippen molar-refractivity contribution in [3.05, 3.63) is 46.2 Å². The Balaban J connectivity index is 0.000000329. The van der Waals surface area contributed by atoms with Crippen molar-refractivity contribution in [2.75, 3.05) is 41.9 Å². The number of hydrogen-bond donors (Lipinski definition) is 6. The van der Waals surface area contributed by atoms with Crippen molar-refractivity contribution in [2.45, 2.75) is 205 Å². The maximum Gasteiger partial charge on any atom is 0.311 e. The summed E-state index contributed by atoms with van der Waals surface area (Å²) in [4.78, 5) is 107. The van der Waals surface area contributed by atoms with Gasteiger partial charge in [-0.05, 0) is 99.6 Å². The van der Waals surface area contributed by atoms with Crippen molar-refractivity contribution >= 4 is 65.3 Å². The average molecular weight is 1290 g/mol. The number of cyclic esters (lactones) is 1. The first kappa shape index (κ1) is 73.4. The van der Waals surface area contributed by atoms with Gasteiger partial charge in [0.2, 0.25) is 5.78 Å². The minimum Gasteiger partial charge on any atom is -0.508 e. The number of esters is 4. The summed E-state index contributed by atoms with van der Waals surface area (Å²) >= 11 is 0. The Kier molecular flexibility index (Phi) is 23.1. The van der Waals surface area contributed by atoms with Gasteiger partial charge in [0.15, 0.2) is 47.6 Å². The van der Waals surface area contributed by atoms with Gasteiger partial charge >= 0.3 is 23.9 Å². The third-order valence-electron chi connectivity index (χ3n) is 19.2. The number of rotatable bonds is 11. The molecule has 0 aromatic heterocycles. The number of primary amides is 1. The molecule has 5 fully saturated rings. The van der Waals surface area contributed by atoms with E-state index in [2.05, 4.69) is 0 Å². The Morgan fingerprint density at radius 2 is 1.31 bits per heavy atom. The Morgan fingerprint density at radius 1 is 0.722 bits per heavy atom. The number of amides is 1. The lowest BCUT2D eigenvalue weighted by atomic mass is 9.54. The molecule has 0 unspecified atom stereocenters. The highest BCUT2D eigenvalue weighted by Crippen LogP contribution is 2.57. The third kappa shape index (κ3) is 14.1. The molecule has 1 amide bonds. The molecule has 27 heteroatoms. The number of halogens is 1. The van der Waals surface area contributed by atoms with Gasteiger partial charge in [0.1, 0.15) is 41.2 Å². The Labute approximate surface area is 530 Å². The van der Waals surface area contributed by atoms with E-state index in [1.165, 1.54) is 72.0 Å². The molecule has 7 aliphatic rings. The van der Waals surface area contributed by atoms with Crippen LogP contribution in [0, 0.1) is 41.4 Å². The molecule has 4 heterocycles. The quantitative estimate of drug-likeness (QED) is 0.0796. The summed E-state index contributed by atoms with van der Waals surface area (Å²) < 4.78 is 61.5. The Hall–Kier alpha value is -5.65. The van der Waals surface area contributed by atoms with Crippen molar-refractivity contribution < 1.29 is 111 Å². The summed E-state index contributed by atoms with van der Waals surface area (Å²) in [6.07, 6.45) is -7.55. The monoisotopic (exact) mass is 1290 g/mol. The number of aliphatic hydroxyl groups is 4. The normalized spacial score (nSPS) is 39.7. The Morgan fingerprint density at radius 3 is 1.86 bits per heavy atom. The number of aliphatic hydroxyl groups excluding tert-OH is 2. The number of ether oxygens (including phenoxy) is 10. The summed E-state index contributed by atoms with van der Waals surface area (Å²) in [5.41, 5.74) is -1.74. The molecule has 23 atom stereocenters. The summed E-state index contributed by atoms with van der Waals surface area (Å²) in [5, 5.41) is 54.9. The predicted molar refractivity (Wildman–Crippen MR) is 320 cm³/mol. The summed E-state index contributed by atoms with van der Waals surface area (Å²) in [6.45, 7) is 19.9. The van der Waals surface area contributed by atoms with E-state index in [9.17, 15) is 63.9 Å². The van der Waals surface area contributed by atoms with Gasteiger partial charge in [0.25, 0.3) is 5.91 Å². The van der Waals surface area contributed by atoms with Crippen LogP contribution in [0.4, 0.5) is 0 Å². The van der Waals surface area contributed by atoms with E-state index >= 15 is 0 Å². The molecule has 1 aromatic rings. The standard InChI is InChI=1S/C41H67NO15.C22H24N2O8.ClH/c1-19-17-41(18-49-41)38(46)23(5)34(53-27(9)43)21(3)25(7)52-39(47)24(6)35(56-32-16-31(48-14)36(26(8)51-32)54-28(10)44)22(4)33(19)57-40-37(55-29(11)45)30(42(12)13)15-20(2)50-40;1-21(31)8-5-4-6-11(25)12(8)16(26)13-9(21)7-10-15(24(2)3)17(27)14(20(23)30)19(29)22(10,32)18(13)28;/h19-26,30-37,40H,15-18H2,1-14H3;4-6,9-10,15,25-26,29,31-32H,7H2,1-3H3,(H2,23,30);1H/t19-,20-,21+,22-,23-,24-,25-,26+,30+,31+,32+,33+,34+,35+,36+,37-,40+,41-;9-,10-,15-,21+,22-;/m10./s1. The van der Waals surface area contributed by atoms with Crippen LogP contribution in [0.3, 0.4) is 0 Å². The number of methoxy groups -OCH3 is 1. The number of hydrogen-bond acceptors (Lipinski definition) is 25. The van der Waals surface area contributed by atoms with E-state index in [0.29, 0.717) is 6.42 Å². The van der Waals surface area contributed by atoms with Gasteiger partial charge in [-0.25, -0.2) is 0 Å². The van der Waals surface area contributed by atoms with Crippen molar-refractivity contribution in [1.29, 1.82) is 0 Å². The number of benzene rings is 1. The zero-order valence-electron chi connectivity index (χ0n) is 54.3. The van der Waals surface area contributed by atoms with Gasteiger partial charge in [-0.3, -0.25) is 43.3 Å². The molecule has 1 saturated carbocycles. The van der Waals surface area contributed by atoms with E-state index < -0.39 is 195 Å². The van der Waals surface area contributed by atoms with Crippen LogP contribution in [0.1, 0.15) is 120 Å². The summed E-state index contributed by atoms with van der Waals surface area (Å²) in [5.74, 6) is -13.6. The molecular formula is C63H92ClN3O23. The molecule has 26 nitrogen and oxygen atoms in total. The first-order valence-corrected chi connectivity index (χ1v) is 30.3. The van der Waals surface area contributed by atoms with Gasteiger partial charge in [0, 0.05) is 63.5 Å². The highest BCUT2D eigenvalue weighted by molar-refractivity contribution is 6.24. The van der Waals surface area contributed by atoms with Gasteiger partial charge in [-0.15, -0.1) is 12.4 Å². The number of likely N-dealkylation sites (N-methyl/N-ethyl adjacent to an activating group) is 2. The first-order chi connectivity index (χ1) is 41.4. The van der Waals surface area contributed by atoms with Crippen LogP contribution < -0.4 is 5.73 Å². The number of epoxide rings is 1. The molecule has 7 N–H and O–H groups in total. The van der Waals surface area contributed by atoms with Crippen LogP contribution in [-0.2, 0) is 91.3 Å². The van der Waals surface area contributed by atoms with E-state index in [1.54, 1.807) is 34.6 Å². The fourth-order valence-electron chi connectivity index (χ4n) is 14.4. The first-order valence-electron chi connectivity index (χ1n) is 30.3. The van der Waals surface area contributed by atoms with Gasteiger partial charge < -0.3 is 83.5 Å². The van der Waals surface area contributed by atoms with Crippen molar-refractivity contribution in [2.24, 2.45) is 47.2 Å². The smallest absolute Gasteiger partial charge is 0.311 e. The number of carbonyl (C=O) groups is 8. The zero-order valence-corrected chi connectivity index (χ0v) is 55.1. The molecule has 3 aliphatic carbocycles. The van der Waals surface area contributed by atoms with Crippen molar-refractivity contribution in [3.63, 3.8) is 0 Å². The topological polar surface area (TPSA) is 366 Å². The number of carbonyl (C=O) groups excluding carboxylic acids is 8. The number of nitrogens with two attached hydrogens (primary N) is 1. The number of ketones is 3. The van der Waals surface area contributed by atoms with Gasteiger partial charge in [0.05, 0.1) is 66.1 Å². The highest BCUT2D eigenvalue weighted by Gasteiger charge is 2.67. The molecule has 0 radical (unpaired) electrons. The molecule has 4 aliphatic heterocycles. The highest BCUT2D eigenvalue weighted by atomic mass is 35.5. The SMILES string of the molecule is CN(C)[C@@H]1C(=O)C(C(N)=O)=C(O)[C@@]2(O)C(=O)C3=C(O)c4c(O)cccc4[C@@](C)(O)[C@H]3C[C@@H]12.CO[C@H]1C[C@H](O[C@H]2[C@H](C)[C@@H](O[C@@H]3O[C@H](C)C[C@H](N(C)C)[C@H]3OC(C)=O)[C@H](C)C[C@@]3(CO3)C(=O)[C@H](C)[C@@H](OC(C)=O)[C@@H](C)[C@@H](C)OC(=O)[C@@H]2C)O[C@@H](C)[C@@H]1OC(C)=O.Cl. The van der Waals surface area contributed by atoms with Gasteiger partial charge in [-0.1, -0.05) is 39.8 Å². The van der Waals surface area contributed by atoms with E-state index in [4.69, 9.17) is 53.1 Å². The Bertz CT molecular complexity index is 2960. The molecule has 8 rings (SSSR count). The predicted octanol–water partition coefficient (Wildman–Crippen LogP) is 3.67. The zero-order chi connectivity index (χ0) is 66.6. The molecule has 504 valence electrons. The third-order valence-corrected chi connectivity index (χ3v) is 19.2. The molecule has 1 aromatic carbocycles. The molecule has 0 bridgehead atoms. The van der Waals surface area contributed by atoms with Crippen molar-refractivity contribution in [1.82, 2.24) is 9.80 Å². The second kappa shape index (κ2) is 28.3. The molecule has 1 spiro atoms. The summed E-state index contributed by atoms with van der Waals surface area (Å²) in [7, 11) is 8.32. The number of Topliss-reactive ketones (excluding diaryl/α,β-unsaturated/α-hetero) is 3. The van der Waals surface area contributed by atoms with Crippen LogP contribution in [0.25, 0.3) is 5.76 Å². The van der Waals surface area contributed by atoms with Crippen LogP contribution >= 0.6 is 12.4 Å². The van der Waals surface area contributed by atoms with Crippen molar-refractivity contribution in [3.8, 4) is 5.75 Å². The molecular weight excluding hydrogens is 1200 g/mol. The van der Waals surface area contributed by atoms with E-state index in [0.717, 1.165) is 0 Å². The number of phenolic OH excluding ortho intramolecular Hbond substituents is 1. The van der Waals surface area contributed by atoms with E-state index in [-0.39, 0.29) is 67.3 Å². The minimum absolute atomic E-state index is 0. The number of aromatic hydroxyl groups is 1. The minimum atomic E-state index is -2.75. The second-order valence-corrected chi connectivity index (χ2v) is 26.0.